The Kier molecular flexibility index (Phi) is 2.80. The summed E-state index contributed by atoms with van der Waals surface area (Å²) in [6.45, 7) is 0. The van der Waals surface area contributed by atoms with Crippen LogP contribution in [0.3, 0.4) is 0 Å². The van der Waals surface area contributed by atoms with E-state index in [0.717, 1.165) is 12.1 Å². The van der Waals surface area contributed by atoms with Crippen LogP contribution in [0.2, 0.25) is 0 Å². The van der Waals surface area contributed by atoms with E-state index in [9.17, 15) is 22.4 Å². The van der Waals surface area contributed by atoms with Gasteiger partial charge in [0.1, 0.15) is 5.75 Å². The highest BCUT2D eigenvalue weighted by Crippen LogP contribution is 2.14. The van der Waals surface area contributed by atoms with Crippen molar-refractivity contribution in [2.45, 2.75) is 5.75 Å². The van der Waals surface area contributed by atoms with Crippen LogP contribution in [-0.2, 0) is 16.0 Å². The van der Waals surface area contributed by atoms with Crippen molar-refractivity contribution in [3.63, 3.8) is 0 Å². The molecule has 0 unspecified atom stereocenters. The molecule has 0 aliphatic carbocycles. The minimum absolute atomic E-state index is 0.162. The molecular weight excluding hydrogens is 213 g/mol. The summed E-state index contributed by atoms with van der Waals surface area (Å²) in [7, 11) is -4.58. The Balaban J connectivity index is 2.90. The maximum absolute atomic E-state index is 12.2. The lowest BCUT2D eigenvalue weighted by atomic mass is 10.2. The summed E-state index contributed by atoms with van der Waals surface area (Å²) in [5.41, 5.74) is 0.0168. The molecule has 0 spiro atoms. The maximum atomic E-state index is 12.2. The Morgan fingerprint density at radius 1 is 1.29 bits per heavy atom. The average molecular weight is 219 g/mol. The molecule has 1 rings (SSSR count). The van der Waals surface area contributed by atoms with Gasteiger partial charge in [-0.1, -0.05) is 12.1 Å². The van der Waals surface area contributed by atoms with E-state index in [1.54, 1.807) is 0 Å². The summed E-state index contributed by atoms with van der Waals surface area (Å²) in [5, 5.41) is 10.2. The van der Waals surface area contributed by atoms with Crippen LogP contribution < -0.4 is 0 Å². The molecule has 0 N–H and O–H groups in total. The van der Waals surface area contributed by atoms with Crippen LogP contribution in [0.5, 0.6) is 0 Å². The lowest BCUT2D eigenvalue weighted by molar-refractivity contribution is -0.384. The monoisotopic (exact) mass is 219 g/mol. The van der Waals surface area contributed by atoms with Crippen molar-refractivity contribution < 1.29 is 17.2 Å². The molecule has 0 aliphatic heterocycles. The fraction of sp³-hybridized carbons (Fsp3) is 0.143. The van der Waals surface area contributed by atoms with Gasteiger partial charge in [-0.3, -0.25) is 10.1 Å². The van der Waals surface area contributed by atoms with E-state index in [0.29, 0.717) is 0 Å². The molecule has 0 heterocycles. The third-order valence-corrected chi connectivity index (χ3v) is 2.16. The molecule has 0 amide bonds. The van der Waals surface area contributed by atoms with Gasteiger partial charge in [-0.15, -0.1) is 3.89 Å². The summed E-state index contributed by atoms with van der Waals surface area (Å²) < 4.78 is 32.6. The molecule has 0 saturated heterocycles. The number of rotatable bonds is 3. The molecule has 0 bridgehead atoms. The SMILES string of the molecule is O=[N+]([O-])c1ccc(CS(=O)(=O)F)cc1. The van der Waals surface area contributed by atoms with E-state index >= 15 is 0 Å². The Morgan fingerprint density at radius 2 is 1.79 bits per heavy atom. The fourth-order valence-corrected chi connectivity index (χ4v) is 1.50. The first-order valence-electron chi connectivity index (χ1n) is 3.54. The van der Waals surface area contributed by atoms with Crippen LogP contribution in [-0.4, -0.2) is 13.3 Å². The molecule has 1 aromatic carbocycles. The predicted molar refractivity (Wildman–Crippen MR) is 46.8 cm³/mol. The van der Waals surface area contributed by atoms with Crippen molar-refractivity contribution in [2.24, 2.45) is 0 Å². The smallest absolute Gasteiger partial charge is 0.258 e. The lowest BCUT2D eigenvalue weighted by Crippen LogP contribution is -1.96. The first-order valence-corrected chi connectivity index (χ1v) is 5.09. The fourth-order valence-electron chi connectivity index (χ4n) is 0.913. The van der Waals surface area contributed by atoms with Crippen molar-refractivity contribution in [3.8, 4) is 0 Å². The number of nitrogens with zero attached hydrogens (tertiary/aromatic N) is 1. The van der Waals surface area contributed by atoms with Crippen molar-refractivity contribution in [3.05, 3.63) is 39.9 Å². The second-order valence-electron chi connectivity index (χ2n) is 2.61. The van der Waals surface area contributed by atoms with Gasteiger partial charge in [0.15, 0.2) is 0 Å². The predicted octanol–water partition coefficient (Wildman–Crippen LogP) is 1.39. The maximum Gasteiger partial charge on any atom is 0.306 e. The summed E-state index contributed by atoms with van der Waals surface area (Å²) in [5.74, 6) is -0.759. The normalized spacial score (nSPS) is 11.2. The lowest BCUT2D eigenvalue weighted by Gasteiger charge is -1.95. The first kappa shape index (κ1) is 10.6. The van der Waals surface area contributed by atoms with Gasteiger partial charge in [0.25, 0.3) is 5.69 Å². The quantitative estimate of drug-likeness (QED) is 0.437. The number of non-ortho nitro benzene ring substituents is 1. The zero-order chi connectivity index (χ0) is 10.8. The highest BCUT2D eigenvalue weighted by Gasteiger charge is 2.10. The minimum atomic E-state index is -4.58. The molecule has 0 aliphatic rings. The van der Waals surface area contributed by atoms with Gasteiger partial charge in [0, 0.05) is 12.1 Å². The second kappa shape index (κ2) is 3.70. The molecule has 0 aromatic heterocycles. The molecule has 0 radical (unpaired) electrons. The Morgan fingerprint density at radius 3 is 2.14 bits per heavy atom. The van der Waals surface area contributed by atoms with E-state index in [4.69, 9.17) is 0 Å². The van der Waals surface area contributed by atoms with E-state index in [1.165, 1.54) is 12.1 Å². The summed E-state index contributed by atoms with van der Waals surface area (Å²) in [6, 6.07) is 4.66. The molecule has 76 valence electrons. The highest BCUT2D eigenvalue weighted by atomic mass is 32.3. The van der Waals surface area contributed by atoms with Gasteiger partial charge >= 0.3 is 10.2 Å². The number of hydrogen-bond donors (Lipinski definition) is 0. The van der Waals surface area contributed by atoms with Gasteiger partial charge in [-0.2, -0.15) is 8.42 Å². The largest absolute Gasteiger partial charge is 0.306 e. The molecule has 0 atom stereocenters. The Hall–Kier alpha value is -1.50. The van der Waals surface area contributed by atoms with Crippen LogP contribution in [0.1, 0.15) is 5.56 Å². The Labute approximate surface area is 79.5 Å². The highest BCUT2D eigenvalue weighted by molar-refractivity contribution is 7.85. The third-order valence-electron chi connectivity index (χ3n) is 1.49. The number of hydrogen-bond acceptors (Lipinski definition) is 4. The van der Waals surface area contributed by atoms with Crippen molar-refractivity contribution in [2.75, 3.05) is 0 Å². The van der Waals surface area contributed by atoms with Crippen molar-refractivity contribution in [1.82, 2.24) is 0 Å². The van der Waals surface area contributed by atoms with Crippen LogP contribution in [0.15, 0.2) is 24.3 Å². The second-order valence-corrected chi connectivity index (χ2v) is 3.97. The third kappa shape index (κ3) is 3.09. The Bertz CT molecular complexity index is 439. The molecule has 7 heteroatoms. The molecule has 0 saturated carbocycles. The zero-order valence-electron chi connectivity index (χ0n) is 6.88. The number of nitro groups is 1. The molecule has 14 heavy (non-hydrogen) atoms. The van der Waals surface area contributed by atoms with E-state index in [2.05, 4.69) is 0 Å². The number of benzene rings is 1. The topological polar surface area (TPSA) is 77.3 Å². The van der Waals surface area contributed by atoms with E-state index < -0.39 is 20.9 Å². The van der Waals surface area contributed by atoms with Gasteiger partial charge in [0.2, 0.25) is 0 Å². The van der Waals surface area contributed by atoms with E-state index in [-0.39, 0.29) is 11.3 Å². The van der Waals surface area contributed by atoms with Crippen molar-refractivity contribution >= 4 is 15.9 Å². The van der Waals surface area contributed by atoms with E-state index in [1.807, 2.05) is 0 Å². The summed E-state index contributed by atoms with van der Waals surface area (Å²) in [4.78, 5) is 9.59. The first-order chi connectivity index (χ1) is 6.38. The summed E-state index contributed by atoms with van der Waals surface area (Å²) in [6.07, 6.45) is 0. The summed E-state index contributed by atoms with van der Waals surface area (Å²) >= 11 is 0. The van der Waals surface area contributed by atoms with Gasteiger partial charge in [0.05, 0.1) is 4.92 Å². The van der Waals surface area contributed by atoms with Crippen LogP contribution >= 0.6 is 0 Å². The molecule has 5 nitrogen and oxygen atoms in total. The molecule has 1 aromatic rings. The number of halogens is 1. The zero-order valence-corrected chi connectivity index (χ0v) is 7.70. The van der Waals surface area contributed by atoms with Gasteiger partial charge in [-0.05, 0) is 5.56 Å². The molecule has 0 fully saturated rings. The van der Waals surface area contributed by atoms with Crippen molar-refractivity contribution in [1.29, 1.82) is 0 Å². The van der Waals surface area contributed by atoms with Gasteiger partial charge in [-0.25, -0.2) is 0 Å². The van der Waals surface area contributed by atoms with Gasteiger partial charge < -0.3 is 0 Å². The van der Waals surface area contributed by atoms with Crippen LogP contribution in [0.4, 0.5) is 9.57 Å². The van der Waals surface area contributed by atoms with Crippen LogP contribution in [0.25, 0.3) is 0 Å². The number of nitro benzene ring substituents is 1. The minimum Gasteiger partial charge on any atom is -0.258 e. The standard InChI is InChI=1S/C7H6FNO4S/c8-14(12,13)5-6-1-3-7(4-2-6)9(10)11/h1-4H,5H2. The average Bonchev–Trinajstić information content (AvgIpc) is 2.02. The molecular formula is C7H6FNO4S. The van der Waals surface area contributed by atoms with Crippen LogP contribution in [0, 0.1) is 10.1 Å².